The quantitative estimate of drug-likeness (QED) is 0.511. The van der Waals surface area contributed by atoms with Crippen molar-refractivity contribution >= 4 is 34.4 Å². The number of para-hydroxylation sites is 1. The fourth-order valence-corrected chi connectivity index (χ4v) is 4.33. The van der Waals surface area contributed by atoms with Gasteiger partial charge in [-0.1, -0.05) is 31.2 Å². The average Bonchev–Trinajstić information content (AvgIpc) is 2.86. The molecule has 0 bridgehead atoms. The maximum absolute atomic E-state index is 12.3. The third kappa shape index (κ3) is 5.12. The number of aromatic nitrogens is 1. The summed E-state index contributed by atoms with van der Waals surface area (Å²) in [6.45, 7) is 6.29. The topological polar surface area (TPSA) is 101 Å². The lowest BCUT2D eigenvalue weighted by Crippen LogP contribution is -2.31. The van der Waals surface area contributed by atoms with Crippen LogP contribution in [0.3, 0.4) is 0 Å². The Kier molecular flexibility index (Phi) is 7.31. The average molecular weight is 476 g/mol. The van der Waals surface area contributed by atoms with Crippen LogP contribution in [0.15, 0.2) is 42.5 Å². The van der Waals surface area contributed by atoms with Gasteiger partial charge >= 0.3 is 5.97 Å². The van der Waals surface area contributed by atoms with Crippen LogP contribution in [-0.2, 0) is 11.3 Å². The fraction of sp³-hybridized carbons (Fsp3) is 0.296. The fourth-order valence-electron chi connectivity index (χ4n) is 4.33. The summed E-state index contributed by atoms with van der Waals surface area (Å²) in [5.41, 5.74) is 4.19. The molecule has 0 aliphatic carbocycles. The number of hydrogen-bond acceptors (Lipinski definition) is 6. The molecule has 0 radical (unpaired) electrons. The van der Waals surface area contributed by atoms with Crippen molar-refractivity contribution in [2.75, 3.05) is 33.4 Å². The van der Waals surface area contributed by atoms with Crippen LogP contribution >= 0.6 is 0 Å². The normalized spacial score (nSPS) is 14.5. The summed E-state index contributed by atoms with van der Waals surface area (Å²) < 4.78 is 11.1. The van der Waals surface area contributed by atoms with Crippen molar-refractivity contribution in [3.05, 3.63) is 64.8 Å². The molecule has 182 valence electrons. The van der Waals surface area contributed by atoms with E-state index in [2.05, 4.69) is 17.1 Å². The Hall–Kier alpha value is -3.91. The van der Waals surface area contributed by atoms with Crippen LogP contribution in [0.25, 0.3) is 22.6 Å². The summed E-state index contributed by atoms with van der Waals surface area (Å²) in [6, 6.07) is 12.8. The number of benzene rings is 2. The molecule has 2 aromatic carbocycles. The number of pyridine rings is 1. The van der Waals surface area contributed by atoms with E-state index in [1.807, 2.05) is 49.4 Å². The number of carbonyl (C=O) groups excluding carboxylic acids is 1. The van der Waals surface area contributed by atoms with Crippen LogP contribution < -0.4 is 14.8 Å². The molecule has 0 saturated carbocycles. The largest absolute Gasteiger partial charge is 0.493 e. The van der Waals surface area contributed by atoms with Crippen molar-refractivity contribution in [1.29, 1.82) is 0 Å². The molecule has 1 amide bonds. The molecule has 0 saturated heterocycles. The molecular formula is C27H29N3O5. The number of carbonyl (C=O) groups is 2. The highest BCUT2D eigenvalue weighted by molar-refractivity contribution is 6.06. The molecule has 1 aliphatic rings. The molecule has 0 atom stereocenters. The van der Waals surface area contributed by atoms with Crippen LogP contribution in [0.1, 0.15) is 41.0 Å². The Morgan fingerprint density at radius 1 is 1.14 bits per heavy atom. The van der Waals surface area contributed by atoms with Crippen molar-refractivity contribution in [2.24, 2.45) is 0 Å². The van der Waals surface area contributed by atoms with Crippen molar-refractivity contribution in [2.45, 2.75) is 20.4 Å². The Morgan fingerprint density at radius 2 is 1.94 bits per heavy atom. The molecule has 8 heteroatoms. The van der Waals surface area contributed by atoms with Gasteiger partial charge in [-0.2, -0.15) is 0 Å². The van der Waals surface area contributed by atoms with Gasteiger partial charge in [-0.3, -0.25) is 9.69 Å². The third-order valence-electron chi connectivity index (χ3n) is 6.00. The second-order valence-electron chi connectivity index (χ2n) is 8.26. The van der Waals surface area contributed by atoms with E-state index in [9.17, 15) is 14.7 Å². The van der Waals surface area contributed by atoms with E-state index in [-0.39, 0.29) is 12.5 Å². The van der Waals surface area contributed by atoms with E-state index in [0.717, 1.165) is 23.2 Å². The number of nitrogens with one attached hydrogen (secondary N) is 1. The first-order valence-electron chi connectivity index (χ1n) is 11.6. The lowest BCUT2D eigenvalue weighted by atomic mass is 9.92. The van der Waals surface area contributed by atoms with Crippen molar-refractivity contribution in [3.63, 3.8) is 0 Å². The highest BCUT2D eigenvalue weighted by Crippen LogP contribution is 2.35. The number of carboxylic acid groups (broad SMARTS) is 1. The van der Waals surface area contributed by atoms with Crippen LogP contribution in [0.2, 0.25) is 0 Å². The summed E-state index contributed by atoms with van der Waals surface area (Å²) in [5, 5.41) is 13.4. The number of ether oxygens (including phenoxy) is 2. The van der Waals surface area contributed by atoms with Gasteiger partial charge < -0.3 is 19.9 Å². The molecule has 0 spiro atoms. The van der Waals surface area contributed by atoms with Crippen LogP contribution in [0.4, 0.5) is 0 Å². The minimum Gasteiger partial charge on any atom is -0.493 e. The standard InChI is InChI=1S/C27H29N3O5/c1-4-28-24(31)16-35-22-11-10-17(13-23(22)34-3)12-18-14-30(5-2)15-20-25(27(32)33)19-8-6-7-9-21(19)29-26(18)20/h6-13H,4-5,14-16H2,1-3H3,(H,28,31)(H,32,33)/b18-12+. The van der Waals surface area contributed by atoms with Crippen molar-refractivity contribution < 1.29 is 24.2 Å². The number of nitrogens with zero attached hydrogens (tertiary/aromatic N) is 2. The zero-order chi connectivity index (χ0) is 24.9. The summed E-state index contributed by atoms with van der Waals surface area (Å²) in [7, 11) is 1.55. The Balaban J connectivity index is 1.76. The molecule has 35 heavy (non-hydrogen) atoms. The zero-order valence-electron chi connectivity index (χ0n) is 20.1. The van der Waals surface area contributed by atoms with Crippen LogP contribution in [-0.4, -0.2) is 60.2 Å². The van der Waals surface area contributed by atoms with Crippen molar-refractivity contribution in [1.82, 2.24) is 15.2 Å². The number of carboxylic acids is 1. The summed E-state index contributed by atoms with van der Waals surface area (Å²) in [6.07, 6.45) is 2.00. The molecule has 4 rings (SSSR count). The summed E-state index contributed by atoms with van der Waals surface area (Å²) in [4.78, 5) is 31.1. The van der Waals surface area contributed by atoms with Crippen LogP contribution in [0.5, 0.6) is 11.5 Å². The first kappa shape index (κ1) is 24.2. The van der Waals surface area contributed by atoms with Crippen LogP contribution in [0, 0.1) is 0 Å². The first-order valence-corrected chi connectivity index (χ1v) is 11.6. The minimum absolute atomic E-state index is 0.0988. The minimum atomic E-state index is -0.951. The van der Waals surface area contributed by atoms with E-state index < -0.39 is 5.97 Å². The second kappa shape index (κ2) is 10.6. The third-order valence-corrected chi connectivity index (χ3v) is 6.00. The number of fused-ring (bicyclic) bond motifs is 2. The van der Waals surface area contributed by atoms with Gasteiger partial charge in [0.1, 0.15) is 0 Å². The molecule has 3 aromatic rings. The lowest BCUT2D eigenvalue weighted by Gasteiger charge is -2.30. The predicted molar refractivity (Wildman–Crippen MR) is 135 cm³/mol. The molecule has 0 unspecified atom stereocenters. The number of rotatable bonds is 8. The van der Waals surface area contributed by atoms with E-state index in [0.29, 0.717) is 53.3 Å². The highest BCUT2D eigenvalue weighted by Gasteiger charge is 2.28. The number of methoxy groups -OCH3 is 1. The zero-order valence-corrected chi connectivity index (χ0v) is 20.1. The SMILES string of the molecule is CCNC(=O)COc1ccc(/C=C2\CN(CC)Cc3c2nc2ccccc2c3C(=O)O)cc1OC. The summed E-state index contributed by atoms with van der Waals surface area (Å²) in [5.74, 6) is -0.179. The Labute approximate surface area is 204 Å². The van der Waals surface area contributed by atoms with Gasteiger partial charge in [-0.15, -0.1) is 0 Å². The van der Waals surface area contributed by atoms with Gasteiger partial charge in [-0.25, -0.2) is 9.78 Å². The number of amides is 1. The number of aromatic carboxylic acids is 1. The van der Waals surface area contributed by atoms with Gasteiger partial charge in [-0.05, 0) is 48.9 Å². The van der Waals surface area contributed by atoms with E-state index in [1.165, 1.54) is 0 Å². The smallest absolute Gasteiger partial charge is 0.336 e. The lowest BCUT2D eigenvalue weighted by molar-refractivity contribution is -0.123. The molecular weight excluding hydrogens is 446 g/mol. The van der Waals surface area contributed by atoms with E-state index >= 15 is 0 Å². The van der Waals surface area contributed by atoms with Gasteiger partial charge in [0.2, 0.25) is 0 Å². The number of hydrogen-bond donors (Lipinski definition) is 2. The second-order valence-corrected chi connectivity index (χ2v) is 8.26. The van der Waals surface area contributed by atoms with Crippen molar-refractivity contribution in [3.8, 4) is 11.5 Å². The molecule has 1 aromatic heterocycles. The molecule has 0 fully saturated rings. The predicted octanol–water partition coefficient (Wildman–Crippen LogP) is 3.83. The van der Waals surface area contributed by atoms with Gasteiger partial charge in [0.05, 0.1) is 23.9 Å². The van der Waals surface area contributed by atoms with Gasteiger partial charge in [0, 0.05) is 30.6 Å². The molecule has 8 nitrogen and oxygen atoms in total. The van der Waals surface area contributed by atoms with Gasteiger partial charge in [0.25, 0.3) is 5.91 Å². The van der Waals surface area contributed by atoms with Gasteiger partial charge in [0.15, 0.2) is 18.1 Å². The maximum atomic E-state index is 12.3. The van der Waals surface area contributed by atoms with E-state index in [1.54, 1.807) is 13.2 Å². The molecule has 2 heterocycles. The highest BCUT2D eigenvalue weighted by atomic mass is 16.5. The first-order chi connectivity index (χ1) is 16.9. The Morgan fingerprint density at radius 3 is 2.66 bits per heavy atom. The monoisotopic (exact) mass is 475 g/mol. The number of likely N-dealkylation sites (N-methyl/N-ethyl adjacent to an activating group) is 2. The van der Waals surface area contributed by atoms with E-state index in [4.69, 9.17) is 14.5 Å². The summed E-state index contributed by atoms with van der Waals surface area (Å²) >= 11 is 0. The molecule has 1 aliphatic heterocycles. The Bertz CT molecular complexity index is 1300. The molecule has 2 N–H and O–H groups in total. The maximum Gasteiger partial charge on any atom is 0.336 e.